The lowest BCUT2D eigenvalue weighted by Gasteiger charge is -2.31. The van der Waals surface area contributed by atoms with Gasteiger partial charge in [0, 0.05) is 30.2 Å². The zero-order valence-electron chi connectivity index (χ0n) is 11.8. The first-order valence-corrected chi connectivity index (χ1v) is 7.59. The fraction of sp³-hybridized carbons (Fsp3) is 0.467. The van der Waals surface area contributed by atoms with E-state index in [0.29, 0.717) is 6.54 Å². The van der Waals surface area contributed by atoms with Crippen LogP contribution in [0.2, 0.25) is 0 Å². The molecule has 1 fully saturated rings. The maximum atomic E-state index is 12.3. The van der Waals surface area contributed by atoms with Gasteiger partial charge in [-0.3, -0.25) is 9.59 Å². The lowest BCUT2D eigenvalue weighted by atomic mass is 9.97. The number of hydrogen-bond donors (Lipinski definition) is 1. The Hall–Kier alpha value is -1.36. The molecule has 1 saturated heterocycles. The van der Waals surface area contributed by atoms with Crippen LogP contribution >= 0.6 is 15.9 Å². The molecular formula is C15H19BrN2O2. The molecule has 0 bridgehead atoms. The summed E-state index contributed by atoms with van der Waals surface area (Å²) in [5.74, 6) is -0.0729. The molecule has 2 amide bonds. The summed E-state index contributed by atoms with van der Waals surface area (Å²) in [6.45, 7) is 4.82. The number of anilines is 1. The third-order valence-corrected chi connectivity index (χ3v) is 4.55. The number of rotatable bonds is 2. The molecule has 1 atom stereocenters. The topological polar surface area (TPSA) is 49.4 Å². The highest BCUT2D eigenvalue weighted by molar-refractivity contribution is 9.10. The SMILES string of the molecule is CC(=O)N1CCCC(C(=O)Nc2ccc(Br)c(C)c2)C1. The fourth-order valence-electron chi connectivity index (χ4n) is 2.44. The van der Waals surface area contributed by atoms with E-state index in [1.807, 2.05) is 25.1 Å². The van der Waals surface area contributed by atoms with Gasteiger partial charge in [0.2, 0.25) is 11.8 Å². The Kier molecular flexibility index (Phi) is 4.81. The van der Waals surface area contributed by atoms with Crippen LogP contribution in [0.3, 0.4) is 0 Å². The van der Waals surface area contributed by atoms with Gasteiger partial charge in [0.1, 0.15) is 0 Å². The molecule has 1 heterocycles. The van der Waals surface area contributed by atoms with Crippen LogP contribution in [0, 0.1) is 12.8 Å². The largest absolute Gasteiger partial charge is 0.342 e. The summed E-state index contributed by atoms with van der Waals surface area (Å²) in [5.41, 5.74) is 1.88. The van der Waals surface area contributed by atoms with Gasteiger partial charge in [-0.25, -0.2) is 0 Å². The molecule has 1 N–H and O–H groups in total. The average Bonchev–Trinajstić information content (AvgIpc) is 2.43. The first-order valence-electron chi connectivity index (χ1n) is 6.80. The van der Waals surface area contributed by atoms with Gasteiger partial charge < -0.3 is 10.2 Å². The van der Waals surface area contributed by atoms with Crippen molar-refractivity contribution in [1.82, 2.24) is 4.90 Å². The number of amides is 2. The van der Waals surface area contributed by atoms with Gasteiger partial charge in [0.15, 0.2) is 0 Å². The second-order valence-electron chi connectivity index (χ2n) is 5.26. The first kappa shape index (κ1) is 15.0. The van der Waals surface area contributed by atoms with Crippen molar-refractivity contribution < 1.29 is 9.59 Å². The number of benzene rings is 1. The van der Waals surface area contributed by atoms with Crippen LogP contribution in [0.15, 0.2) is 22.7 Å². The molecule has 0 spiro atoms. The maximum Gasteiger partial charge on any atom is 0.229 e. The number of likely N-dealkylation sites (tertiary alicyclic amines) is 1. The molecule has 5 heteroatoms. The summed E-state index contributed by atoms with van der Waals surface area (Å²) < 4.78 is 1.02. The van der Waals surface area contributed by atoms with Crippen molar-refractivity contribution in [1.29, 1.82) is 0 Å². The van der Waals surface area contributed by atoms with Gasteiger partial charge in [0.25, 0.3) is 0 Å². The number of piperidine rings is 1. The van der Waals surface area contributed by atoms with Crippen LogP contribution in [-0.4, -0.2) is 29.8 Å². The molecule has 2 rings (SSSR count). The molecule has 1 aromatic rings. The van der Waals surface area contributed by atoms with Crippen LogP contribution in [0.1, 0.15) is 25.3 Å². The van der Waals surface area contributed by atoms with Gasteiger partial charge in [-0.05, 0) is 43.5 Å². The third kappa shape index (κ3) is 3.60. The van der Waals surface area contributed by atoms with Gasteiger partial charge in [-0.2, -0.15) is 0 Å². The number of nitrogens with one attached hydrogen (secondary N) is 1. The zero-order chi connectivity index (χ0) is 14.7. The predicted molar refractivity (Wildman–Crippen MR) is 82.5 cm³/mol. The Labute approximate surface area is 127 Å². The van der Waals surface area contributed by atoms with Crippen LogP contribution in [0.5, 0.6) is 0 Å². The van der Waals surface area contributed by atoms with Crippen LogP contribution in [0.4, 0.5) is 5.69 Å². The summed E-state index contributed by atoms with van der Waals surface area (Å²) in [5, 5.41) is 2.94. The van der Waals surface area contributed by atoms with E-state index in [2.05, 4.69) is 21.2 Å². The van der Waals surface area contributed by atoms with Crippen molar-refractivity contribution in [3.63, 3.8) is 0 Å². The van der Waals surface area contributed by atoms with Crippen molar-refractivity contribution in [3.8, 4) is 0 Å². The number of aryl methyl sites for hydroxylation is 1. The van der Waals surface area contributed by atoms with Gasteiger partial charge >= 0.3 is 0 Å². The van der Waals surface area contributed by atoms with Crippen LogP contribution in [0.25, 0.3) is 0 Å². The second-order valence-corrected chi connectivity index (χ2v) is 6.11. The summed E-state index contributed by atoms with van der Waals surface area (Å²) in [7, 11) is 0. The molecule has 4 nitrogen and oxygen atoms in total. The number of hydrogen-bond acceptors (Lipinski definition) is 2. The highest BCUT2D eigenvalue weighted by atomic mass is 79.9. The number of nitrogens with zero attached hydrogens (tertiary/aromatic N) is 1. The molecule has 1 aromatic carbocycles. The lowest BCUT2D eigenvalue weighted by Crippen LogP contribution is -2.42. The van der Waals surface area contributed by atoms with E-state index in [0.717, 1.165) is 35.1 Å². The Morgan fingerprint density at radius 3 is 2.80 bits per heavy atom. The van der Waals surface area contributed by atoms with Gasteiger partial charge in [0.05, 0.1) is 5.92 Å². The molecular weight excluding hydrogens is 320 g/mol. The molecule has 20 heavy (non-hydrogen) atoms. The zero-order valence-corrected chi connectivity index (χ0v) is 13.4. The van der Waals surface area contributed by atoms with Crippen molar-refractivity contribution in [2.45, 2.75) is 26.7 Å². The Morgan fingerprint density at radius 2 is 2.15 bits per heavy atom. The fourth-order valence-corrected chi connectivity index (χ4v) is 2.69. The smallest absolute Gasteiger partial charge is 0.229 e. The van der Waals surface area contributed by atoms with E-state index < -0.39 is 0 Å². The molecule has 0 radical (unpaired) electrons. The molecule has 1 aliphatic heterocycles. The van der Waals surface area contributed by atoms with Crippen LogP contribution < -0.4 is 5.32 Å². The summed E-state index contributed by atoms with van der Waals surface area (Å²) in [6, 6.07) is 5.74. The third-order valence-electron chi connectivity index (χ3n) is 3.66. The Bertz CT molecular complexity index is 531. The maximum absolute atomic E-state index is 12.3. The van der Waals surface area contributed by atoms with Crippen LogP contribution in [-0.2, 0) is 9.59 Å². The molecule has 0 aromatic heterocycles. The highest BCUT2D eigenvalue weighted by Crippen LogP contribution is 2.22. The Morgan fingerprint density at radius 1 is 1.40 bits per heavy atom. The number of halogens is 1. The minimum atomic E-state index is -0.114. The standard InChI is InChI=1S/C15H19BrN2O2/c1-10-8-13(5-6-14(10)16)17-15(20)12-4-3-7-18(9-12)11(2)19/h5-6,8,12H,3-4,7,9H2,1-2H3,(H,17,20). The summed E-state index contributed by atoms with van der Waals surface area (Å²) in [4.78, 5) is 25.4. The monoisotopic (exact) mass is 338 g/mol. The molecule has 1 aliphatic rings. The lowest BCUT2D eigenvalue weighted by molar-refractivity contribution is -0.132. The first-order chi connectivity index (χ1) is 9.47. The number of carbonyl (C=O) groups is 2. The van der Waals surface area contributed by atoms with Crippen molar-refractivity contribution in [2.24, 2.45) is 5.92 Å². The molecule has 108 valence electrons. The van der Waals surface area contributed by atoms with Gasteiger partial charge in [-0.15, -0.1) is 0 Å². The molecule has 1 unspecified atom stereocenters. The van der Waals surface area contributed by atoms with Crippen molar-refractivity contribution in [2.75, 3.05) is 18.4 Å². The minimum Gasteiger partial charge on any atom is -0.342 e. The van der Waals surface area contributed by atoms with Crippen molar-refractivity contribution in [3.05, 3.63) is 28.2 Å². The van der Waals surface area contributed by atoms with E-state index in [1.165, 1.54) is 0 Å². The van der Waals surface area contributed by atoms with Crippen molar-refractivity contribution >= 4 is 33.4 Å². The van der Waals surface area contributed by atoms with E-state index in [1.54, 1.807) is 11.8 Å². The number of carbonyl (C=O) groups excluding carboxylic acids is 2. The highest BCUT2D eigenvalue weighted by Gasteiger charge is 2.26. The van der Waals surface area contributed by atoms with E-state index in [9.17, 15) is 9.59 Å². The van der Waals surface area contributed by atoms with E-state index >= 15 is 0 Å². The second kappa shape index (κ2) is 6.39. The Balaban J connectivity index is 2.00. The van der Waals surface area contributed by atoms with E-state index in [-0.39, 0.29) is 17.7 Å². The predicted octanol–water partition coefficient (Wildman–Crippen LogP) is 2.95. The average molecular weight is 339 g/mol. The van der Waals surface area contributed by atoms with Gasteiger partial charge in [-0.1, -0.05) is 15.9 Å². The summed E-state index contributed by atoms with van der Waals surface area (Å²) in [6.07, 6.45) is 1.72. The minimum absolute atomic E-state index is 0.00216. The van der Waals surface area contributed by atoms with E-state index in [4.69, 9.17) is 0 Å². The molecule has 0 aliphatic carbocycles. The quantitative estimate of drug-likeness (QED) is 0.901. The normalized spacial score (nSPS) is 18.8. The molecule has 0 saturated carbocycles. The summed E-state index contributed by atoms with van der Waals surface area (Å²) >= 11 is 3.44.